The summed E-state index contributed by atoms with van der Waals surface area (Å²) in [6.45, 7) is 5.85. The molecule has 0 aromatic rings. The van der Waals surface area contributed by atoms with Crippen molar-refractivity contribution in [3.05, 3.63) is 12.2 Å². The first-order valence-electron chi connectivity index (χ1n) is 8.93. The first kappa shape index (κ1) is 14.6. The third-order valence-corrected chi connectivity index (χ3v) is 5.99. The smallest absolute Gasteiger partial charge is 0.0309 e. The summed E-state index contributed by atoms with van der Waals surface area (Å²) in [5.41, 5.74) is 0.465. The second kappa shape index (κ2) is 6.62. The predicted molar refractivity (Wildman–Crippen MR) is 86.0 cm³/mol. The number of nitrogens with one attached hydrogen (secondary N) is 1. The second-order valence-corrected chi connectivity index (χ2v) is 7.33. The van der Waals surface area contributed by atoms with E-state index in [1.54, 1.807) is 0 Å². The van der Waals surface area contributed by atoms with Gasteiger partial charge in [0.2, 0.25) is 0 Å². The zero-order valence-electron chi connectivity index (χ0n) is 13.2. The monoisotopic (exact) mass is 276 g/mol. The van der Waals surface area contributed by atoms with Gasteiger partial charge in [-0.05, 0) is 38.5 Å². The van der Waals surface area contributed by atoms with Crippen molar-refractivity contribution >= 4 is 0 Å². The normalized spacial score (nSPS) is 32.4. The first-order valence-corrected chi connectivity index (χ1v) is 8.93. The van der Waals surface area contributed by atoms with Crippen LogP contribution in [0.1, 0.15) is 64.7 Å². The van der Waals surface area contributed by atoms with Crippen LogP contribution in [0.4, 0.5) is 0 Å². The number of allylic oxidation sites excluding steroid dienone is 1. The summed E-state index contributed by atoms with van der Waals surface area (Å²) >= 11 is 0. The molecule has 3 aliphatic rings. The quantitative estimate of drug-likeness (QED) is 0.790. The molecule has 1 heterocycles. The van der Waals surface area contributed by atoms with Gasteiger partial charge in [0, 0.05) is 31.2 Å². The van der Waals surface area contributed by atoms with Crippen LogP contribution >= 0.6 is 0 Å². The molecule has 2 aliphatic carbocycles. The molecule has 3 fully saturated rings. The lowest BCUT2D eigenvalue weighted by atomic mass is 9.80. The highest BCUT2D eigenvalue weighted by molar-refractivity contribution is 5.03. The van der Waals surface area contributed by atoms with E-state index in [-0.39, 0.29) is 0 Å². The Labute approximate surface area is 125 Å². The molecule has 0 amide bonds. The zero-order valence-corrected chi connectivity index (χ0v) is 13.2. The van der Waals surface area contributed by atoms with Crippen molar-refractivity contribution in [1.29, 1.82) is 0 Å². The third kappa shape index (κ3) is 3.12. The van der Waals surface area contributed by atoms with E-state index in [1.807, 2.05) is 0 Å². The summed E-state index contributed by atoms with van der Waals surface area (Å²) in [6.07, 6.45) is 17.6. The molecule has 20 heavy (non-hydrogen) atoms. The first-order chi connectivity index (χ1) is 9.83. The summed E-state index contributed by atoms with van der Waals surface area (Å²) < 4.78 is 0. The molecular weight excluding hydrogens is 244 g/mol. The second-order valence-electron chi connectivity index (χ2n) is 7.33. The molecule has 2 saturated carbocycles. The van der Waals surface area contributed by atoms with Crippen molar-refractivity contribution in [1.82, 2.24) is 10.2 Å². The van der Waals surface area contributed by atoms with E-state index in [2.05, 4.69) is 29.3 Å². The molecule has 0 aromatic heterocycles. The van der Waals surface area contributed by atoms with Crippen LogP contribution in [0.15, 0.2) is 12.2 Å². The molecule has 0 radical (unpaired) electrons. The van der Waals surface area contributed by atoms with Crippen LogP contribution < -0.4 is 5.32 Å². The maximum atomic E-state index is 3.98. The minimum Gasteiger partial charge on any atom is -0.308 e. The Balaban J connectivity index is 1.68. The van der Waals surface area contributed by atoms with Crippen LogP contribution in [0, 0.1) is 5.92 Å². The molecule has 2 heteroatoms. The van der Waals surface area contributed by atoms with Crippen molar-refractivity contribution in [2.45, 2.75) is 76.3 Å². The van der Waals surface area contributed by atoms with E-state index in [0.717, 1.165) is 12.0 Å². The number of hydrogen-bond acceptors (Lipinski definition) is 2. The predicted octanol–water partition coefficient (Wildman–Crippen LogP) is 3.73. The number of rotatable bonds is 3. The van der Waals surface area contributed by atoms with Crippen LogP contribution in [0.5, 0.6) is 0 Å². The van der Waals surface area contributed by atoms with Crippen molar-refractivity contribution in [3.63, 3.8) is 0 Å². The van der Waals surface area contributed by atoms with Crippen LogP contribution in [-0.4, -0.2) is 36.1 Å². The fraction of sp³-hybridized carbons (Fsp3) is 0.889. The van der Waals surface area contributed by atoms with Crippen molar-refractivity contribution < 1.29 is 0 Å². The van der Waals surface area contributed by atoms with Crippen LogP contribution in [0.3, 0.4) is 0 Å². The lowest BCUT2D eigenvalue weighted by Gasteiger charge is -2.49. The number of nitrogens with zero attached hydrogens (tertiary/aromatic N) is 1. The van der Waals surface area contributed by atoms with Crippen molar-refractivity contribution in [2.24, 2.45) is 5.92 Å². The minimum absolute atomic E-state index is 0.465. The largest absolute Gasteiger partial charge is 0.308 e. The van der Waals surface area contributed by atoms with Gasteiger partial charge in [-0.15, -0.1) is 0 Å². The van der Waals surface area contributed by atoms with E-state index in [4.69, 9.17) is 0 Å². The highest BCUT2D eigenvalue weighted by atomic mass is 15.3. The minimum atomic E-state index is 0.465. The molecule has 1 N–H and O–H groups in total. The van der Waals surface area contributed by atoms with Crippen molar-refractivity contribution in [3.8, 4) is 0 Å². The van der Waals surface area contributed by atoms with Gasteiger partial charge in [-0.25, -0.2) is 0 Å². The zero-order chi connectivity index (χ0) is 13.8. The summed E-state index contributed by atoms with van der Waals surface area (Å²) in [7, 11) is 0. The Morgan fingerprint density at radius 3 is 2.55 bits per heavy atom. The Morgan fingerprint density at radius 2 is 1.85 bits per heavy atom. The van der Waals surface area contributed by atoms with Gasteiger partial charge in [-0.3, -0.25) is 4.90 Å². The molecule has 1 saturated heterocycles. The van der Waals surface area contributed by atoms with E-state index in [9.17, 15) is 0 Å². The van der Waals surface area contributed by atoms with E-state index in [0.29, 0.717) is 5.54 Å². The molecule has 0 aromatic carbocycles. The lowest BCUT2D eigenvalue weighted by Crippen LogP contribution is -2.64. The molecule has 1 unspecified atom stereocenters. The number of piperazine rings is 1. The van der Waals surface area contributed by atoms with Gasteiger partial charge in [-0.1, -0.05) is 44.3 Å². The van der Waals surface area contributed by atoms with E-state index < -0.39 is 0 Å². The van der Waals surface area contributed by atoms with Gasteiger partial charge in [0.15, 0.2) is 0 Å². The van der Waals surface area contributed by atoms with Gasteiger partial charge in [0.1, 0.15) is 0 Å². The van der Waals surface area contributed by atoms with Crippen LogP contribution in [-0.2, 0) is 0 Å². The Hall–Kier alpha value is -0.340. The summed E-state index contributed by atoms with van der Waals surface area (Å²) in [5.74, 6) is 0.945. The average Bonchev–Trinajstić information content (AvgIpc) is 2.94. The summed E-state index contributed by atoms with van der Waals surface area (Å²) in [5, 5.41) is 3.98. The topological polar surface area (TPSA) is 15.3 Å². The van der Waals surface area contributed by atoms with Crippen molar-refractivity contribution in [2.75, 3.05) is 19.6 Å². The third-order valence-electron chi connectivity index (χ3n) is 5.99. The van der Waals surface area contributed by atoms with Crippen LogP contribution in [0.25, 0.3) is 0 Å². The van der Waals surface area contributed by atoms with Gasteiger partial charge in [-0.2, -0.15) is 0 Å². The summed E-state index contributed by atoms with van der Waals surface area (Å²) in [4.78, 5) is 2.82. The van der Waals surface area contributed by atoms with Gasteiger partial charge < -0.3 is 5.32 Å². The van der Waals surface area contributed by atoms with Gasteiger partial charge >= 0.3 is 0 Å². The average molecular weight is 276 g/mol. The van der Waals surface area contributed by atoms with Crippen LogP contribution in [0.2, 0.25) is 0 Å². The molecular formula is C18H32N2. The highest BCUT2D eigenvalue weighted by Gasteiger charge is 2.42. The maximum absolute atomic E-state index is 3.98. The fourth-order valence-electron chi connectivity index (χ4n) is 4.82. The summed E-state index contributed by atoms with van der Waals surface area (Å²) in [6, 6.07) is 0.790. The highest BCUT2D eigenvalue weighted by Crippen LogP contribution is 2.37. The Bertz CT molecular complexity index is 324. The molecule has 3 rings (SSSR count). The van der Waals surface area contributed by atoms with E-state index in [1.165, 1.54) is 77.4 Å². The number of hydrogen-bond donors (Lipinski definition) is 1. The molecule has 1 spiro atoms. The molecule has 0 bridgehead atoms. The molecule has 1 aliphatic heterocycles. The Morgan fingerprint density at radius 1 is 1.10 bits per heavy atom. The SMILES string of the molecule is C/C=C/CN1CC2(CCCC2)NCC1C1CCCCC1. The standard InChI is InChI=1S/C18H32N2/c1-2-3-13-20-15-18(11-7-8-12-18)19-14-17(20)16-9-5-4-6-10-16/h2-3,16-17,19H,4-15H2,1H3/b3-2+. The Kier molecular flexibility index (Phi) is 4.83. The fourth-order valence-corrected chi connectivity index (χ4v) is 4.82. The molecule has 2 nitrogen and oxygen atoms in total. The molecule has 1 atom stereocenters. The maximum Gasteiger partial charge on any atom is 0.0309 e. The lowest BCUT2D eigenvalue weighted by molar-refractivity contribution is 0.0468. The van der Waals surface area contributed by atoms with E-state index >= 15 is 0 Å². The molecule has 114 valence electrons. The van der Waals surface area contributed by atoms with Gasteiger partial charge in [0.05, 0.1) is 0 Å². The van der Waals surface area contributed by atoms with Gasteiger partial charge in [0.25, 0.3) is 0 Å².